The Morgan fingerprint density at radius 2 is 1.13 bits per heavy atom. The predicted octanol–water partition coefficient (Wildman–Crippen LogP) is 11.7. The third-order valence-corrected chi connectivity index (χ3v) is 11.5. The quantitative estimate of drug-likeness (QED) is 0.0761. The molecule has 0 radical (unpaired) electrons. The van der Waals surface area contributed by atoms with Crippen LogP contribution in [0.25, 0.3) is 21.8 Å². The minimum absolute atomic E-state index is 0.243. The normalized spacial score (nSPS) is 11.2. The molecule has 0 atom stereocenters. The molecule has 5 N–H and O–H groups in total. The molecule has 18 nitrogen and oxygen atoms in total. The Bertz CT molecular complexity index is 3290. The molecule has 0 aliphatic carbocycles. The van der Waals surface area contributed by atoms with Crippen molar-refractivity contribution in [3.8, 4) is 0 Å². The van der Waals surface area contributed by atoms with Crippen LogP contribution in [0, 0.1) is 27.7 Å². The number of aryl methyl sites for hydroxylation is 4. The van der Waals surface area contributed by atoms with Crippen LogP contribution in [0.3, 0.4) is 0 Å². The number of aromatic nitrogens is 8. The van der Waals surface area contributed by atoms with Crippen molar-refractivity contribution < 1.29 is 28.7 Å². The summed E-state index contributed by atoms with van der Waals surface area (Å²) in [4.78, 5) is 65.9. The smallest absolute Gasteiger partial charge is 0.413 e. The maximum atomic E-state index is 12.8. The molecule has 8 rings (SSSR count). The number of aromatic amines is 1. The van der Waals surface area contributed by atoms with Crippen LogP contribution in [0.5, 0.6) is 0 Å². The monoisotopic (exact) mass is 1080 g/mol. The largest absolute Gasteiger partial charge is 0.444 e. The van der Waals surface area contributed by atoms with Crippen LogP contribution < -0.4 is 21.3 Å². The first-order chi connectivity index (χ1) is 35.4. The van der Waals surface area contributed by atoms with Gasteiger partial charge in [0, 0.05) is 65.9 Å². The summed E-state index contributed by atoms with van der Waals surface area (Å²) in [5.41, 5.74) is 8.40. The highest BCUT2D eigenvalue weighted by Crippen LogP contribution is 2.22. The van der Waals surface area contributed by atoms with Crippen LogP contribution >= 0.6 is 34.8 Å². The number of halogens is 3. The molecule has 6 heterocycles. The number of benzene rings is 2. The Labute approximate surface area is 449 Å². The average molecular weight is 1080 g/mol. The Morgan fingerprint density at radius 1 is 0.640 bits per heavy atom. The number of hydrogen-bond donors (Lipinski definition) is 5. The van der Waals surface area contributed by atoms with Gasteiger partial charge in [0.2, 0.25) is 0 Å². The minimum Gasteiger partial charge on any atom is -0.444 e. The molecule has 0 spiro atoms. The van der Waals surface area contributed by atoms with Crippen molar-refractivity contribution in [3.63, 3.8) is 0 Å². The number of ether oxygens (including phenoxy) is 2. The molecule has 0 bridgehead atoms. The highest BCUT2D eigenvalue weighted by Gasteiger charge is 2.20. The van der Waals surface area contributed by atoms with Crippen molar-refractivity contribution in [1.29, 1.82) is 0 Å². The number of carbonyl (C=O) groups excluding carboxylic acids is 4. The van der Waals surface area contributed by atoms with Gasteiger partial charge in [-0.15, -0.1) is 11.6 Å². The number of alkyl halides is 1. The standard InChI is InChI=1S/C27H29ClN6O3.C17H23N5O3.C10H7Cl2N/c1-16-10-24(32-26(36)37-27(3,4)5)31-17(2)21(16)14-30-25(35)23-8-9-34(33-23)15-18-6-7-22-19(11-18)12-20(28)13-29-22;1-10-8-14(21-16(24)25-17(3,4)5)20-11(2)12(10)9-18-15(23)13-6-7-19-22-13;11-5-7-1-2-10-8(3-7)4-9(12)6-13-10/h6-13H,14-15H2,1-5H3,(H,30,35)(H,31,32,36);6-8H,9H2,1-5H3,(H,18,23)(H,19,22)(H,20,21,24);1-4,6H,5H2. The van der Waals surface area contributed by atoms with Gasteiger partial charge in [0.25, 0.3) is 11.8 Å². The maximum absolute atomic E-state index is 12.8. The zero-order valence-corrected chi connectivity index (χ0v) is 45.5. The number of H-pyrrole nitrogens is 1. The summed E-state index contributed by atoms with van der Waals surface area (Å²) in [7, 11) is 0. The van der Waals surface area contributed by atoms with Crippen molar-refractivity contribution in [3.05, 3.63) is 164 Å². The summed E-state index contributed by atoms with van der Waals surface area (Å²) >= 11 is 17.6. The van der Waals surface area contributed by atoms with Gasteiger partial charge in [-0.2, -0.15) is 10.2 Å². The summed E-state index contributed by atoms with van der Waals surface area (Å²) in [6, 6.07) is 22.4. The third kappa shape index (κ3) is 17.2. The van der Waals surface area contributed by atoms with E-state index in [2.05, 4.69) is 56.5 Å². The summed E-state index contributed by atoms with van der Waals surface area (Å²) in [5, 5.41) is 25.0. The van der Waals surface area contributed by atoms with Crippen molar-refractivity contribution in [2.75, 3.05) is 10.6 Å². The van der Waals surface area contributed by atoms with Gasteiger partial charge < -0.3 is 20.1 Å². The summed E-state index contributed by atoms with van der Waals surface area (Å²) in [5.74, 6) is 0.788. The fourth-order valence-corrected chi connectivity index (χ4v) is 7.85. The molecule has 0 unspecified atom stereocenters. The van der Waals surface area contributed by atoms with Gasteiger partial charge in [0.1, 0.15) is 34.2 Å². The molecule has 0 saturated carbocycles. The summed E-state index contributed by atoms with van der Waals surface area (Å²) in [6.07, 6.45) is 5.42. The maximum Gasteiger partial charge on any atom is 0.413 e. The van der Waals surface area contributed by atoms with Crippen LogP contribution in [0.4, 0.5) is 21.2 Å². The van der Waals surface area contributed by atoms with Crippen molar-refractivity contribution >= 4 is 92.2 Å². The molecule has 392 valence electrons. The van der Waals surface area contributed by atoms with Gasteiger partial charge in [-0.25, -0.2) is 19.6 Å². The highest BCUT2D eigenvalue weighted by molar-refractivity contribution is 6.31. The predicted molar refractivity (Wildman–Crippen MR) is 292 cm³/mol. The molecular weight excluding hydrogens is 1020 g/mol. The van der Waals surface area contributed by atoms with Crippen molar-refractivity contribution in [2.24, 2.45) is 0 Å². The van der Waals surface area contributed by atoms with E-state index >= 15 is 0 Å². The lowest BCUT2D eigenvalue weighted by Gasteiger charge is -2.20. The topological polar surface area (TPSA) is 233 Å². The van der Waals surface area contributed by atoms with E-state index in [1.165, 1.54) is 6.20 Å². The Balaban J connectivity index is 0.000000206. The van der Waals surface area contributed by atoms with E-state index < -0.39 is 23.4 Å². The van der Waals surface area contributed by atoms with E-state index in [0.29, 0.717) is 57.7 Å². The number of anilines is 2. The van der Waals surface area contributed by atoms with E-state index in [0.717, 1.165) is 60.9 Å². The number of amides is 4. The first-order valence-electron chi connectivity index (χ1n) is 23.6. The van der Waals surface area contributed by atoms with Gasteiger partial charge in [-0.1, -0.05) is 35.3 Å². The molecule has 6 aromatic heterocycles. The van der Waals surface area contributed by atoms with E-state index in [1.54, 1.807) is 89.1 Å². The molecule has 75 heavy (non-hydrogen) atoms. The van der Waals surface area contributed by atoms with Crippen LogP contribution in [-0.2, 0) is 35.0 Å². The molecule has 0 fully saturated rings. The van der Waals surface area contributed by atoms with Crippen molar-refractivity contribution in [2.45, 2.75) is 106 Å². The van der Waals surface area contributed by atoms with Gasteiger partial charge in [-0.05, 0) is 163 Å². The third-order valence-electron chi connectivity index (χ3n) is 10.8. The summed E-state index contributed by atoms with van der Waals surface area (Å²) in [6.45, 7) is 19.3. The Kier molecular flexibility index (Phi) is 18.9. The summed E-state index contributed by atoms with van der Waals surface area (Å²) < 4.78 is 12.2. The number of hydrogen-bond acceptors (Lipinski definition) is 12. The second-order valence-electron chi connectivity index (χ2n) is 19.3. The minimum atomic E-state index is -0.605. The number of nitrogens with one attached hydrogen (secondary N) is 5. The second-order valence-corrected chi connectivity index (χ2v) is 20.4. The number of pyridine rings is 4. The van der Waals surface area contributed by atoms with Crippen LogP contribution in [0.1, 0.15) is 107 Å². The number of nitrogens with zero attached hydrogens (tertiary/aromatic N) is 7. The fourth-order valence-electron chi connectivity index (χ4n) is 7.35. The number of fused-ring (bicyclic) bond motifs is 2. The highest BCUT2D eigenvalue weighted by atomic mass is 35.5. The molecule has 0 aliphatic rings. The average Bonchev–Trinajstić information content (AvgIpc) is 4.04. The van der Waals surface area contributed by atoms with E-state index in [4.69, 9.17) is 44.3 Å². The molecule has 0 saturated heterocycles. The molecule has 4 amide bonds. The van der Waals surface area contributed by atoms with E-state index in [-0.39, 0.29) is 18.4 Å². The molecule has 2 aromatic carbocycles. The molecule has 0 aliphatic heterocycles. The van der Waals surface area contributed by atoms with E-state index in [9.17, 15) is 19.2 Å². The SMILES string of the molecule is Cc1cc(NC(=O)OC(C)(C)C)nc(C)c1CNC(=O)c1ccn(Cc2ccc3ncc(Cl)cc3c2)n1.Cc1cc(NC(=O)OC(C)(C)C)nc(C)c1CNC(=O)c1ccn[nH]1.ClCc1ccc2ncc(Cl)cc2c1. The lowest BCUT2D eigenvalue weighted by atomic mass is 10.1. The molecular formula is C54H59Cl3N12O6. The van der Waals surface area contributed by atoms with Crippen LogP contribution in [0.15, 0.2) is 97.6 Å². The number of carbonyl (C=O) groups is 4. The zero-order valence-electron chi connectivity index (χ0n) is 43.3. The molecule has 21 heteroatoms. The number of rotatable bonds is 11. The van der Waals surface area contributed by atoms with Gasteiger partial charge in [0.05, 0.1) is 27.6 Å². The van der Waals surface area contributed by atoms with E-state index in [1.807, 2.05) is 76.2 Å². The van der Waals surface area contributed by atoms with Gasteiger partial charge >= 0.3 is 12.2 Å². The lowest BCUT2D eigenvalue weighted by molar-refractivity contribution is 0.0624. The zero-order chi connectivity index (χ0) is 54.6. The first-order valence-corrected chi connectivity index (χ1v) is 24.9. The first kappa shape index (κ1) is 56.6. The Hall–Kier alpha value is -7.67. The second kappa shape index (κ2) is 25.0. The van der Waals surface area contributed by atoms with Crippen molar-refractivity contribution in [1.82, 2.24) is 50.5 Å². The van der Waals surface area contributed by atoms with Crippen LogP contribution in [0.2, 0.25) is 10.0 Å². The van der Waals surface area contributed by atoms with Gasteiger partial charge in [0.15, 0.2) is 0 Å². The Morgan fingerprint density at radius 3 is 1.60 bits per heavy atom. The van der Waals surface area contributed by atoms with Gasteiger partial charge in [-0.3, -0.25) is 40.0 Å². The lowest BCUT2D eigenvalue weighted by Crippen LogP contribution is -2.28. The molecule has 8 aromatic rings. The van der Waals surface area contributed by atoms with Crippen LogP contribution in [-0.4, -0.2) is 75.1 Å². The fraction of sp³-hybridized carbons (Fsp3) is 0.296.